The van der Waals surface area contributed by atoms with E-state index in [9.17, 15) is 0 Å². The van der Waals surface area contributed by atoms with Crippen molar-refractivity contribution in [1.29, 1.82) is 0 Å². The molecule has 0 aromatic heterocycles. The maximum Gasteiger partial charge on any atom is -0.0260 e. The van der Waals surface area contributed by atoms with Crippen LogP contribution in [0.1, 0.15) is 11.1 Å². The molecule has 0 atom stereocenters. The van der Waals surface area contributed by atoms with E-state index in [0.717, 1.165) is 0 Å². The fraction of sp³-hybridized carbons (Fsp3) is 0.111. The summed E-state index contributed by atoms with van der Waals surface area (Å²) in [6, 6.07) is 8.26. The van der Waals surface area contributed by atoms with Crippen LogP contribution in [0, 0.1) is 6.92 Å². The van der Waals surface area contributed by atoms with Gasteiger partial charge in [-0.05, 0) is 12.5 Å². The predicted octanol–water partition coefficient (Wildman–Crippen LogP) is 2.64. The largest absolute Gasteiger partial charge is 0.0985 e. The Morgan fingerprint density at radius 3 is 2.67 bits per heavy atom. The lowest BCUT2D eigenvalue weighted by Gasteiger charge is -1.92. The van der Waals surface area contributed by atoms with E-state index < -0.39 is 0 Å². The van der Waals surface area contributed by atoms with Crippen molar-refractivity contribution >= 4 is 6.08 Å². The summed E-state index contributed by atoms with van der Waals surface area (Å²) in [5.74, 6) is 0. The van der Waals surface area contributed by atoms with Crippen molar-refractivity contribution < 1.29 is 0 Å². The van der Waals surface area contributed by atoms with Gasteiger partial charge in [-0.1, -0.05) is 42.5 Å². The third kappa shape index (κ3) is 1.43. The van der Waals surface area contributed by atoms with Crippen molar-refractivity contribution in [3.63, 3.8) is 0 Å². The molecule has 0 amide bonds. The summed E-state index contributed by atoms with van der Waals surface area (Å²) in [7, 11) is 0. The van der Waals surface area contributed by atoms with Crippen molar-refractivity contribution in [3.05, 3.63) is 42.0 Å². The van der Waals surface area contributed by atoms with Gasteiger partial charge >= 0.3 is 0 Å². The van der Waals surface area contributed by atoms with Crippen molar-refractivity contribution in [2.75, 3.05) is 0 Å². The van der Waals surface area contributed by atoms with E-state index in [2.05, 4.69) is 25.6 Å². The molecule has 0 radical (unpaired) electrons. The molecule has 0 fully saturated rings. The van der Waals surface area contributed by atoms with Gasteiger partial charge in [0.15, 0.2) is 0 Å². The Bertz CT molecular complexity index is 211. The Labute approximate surface area is 55.8 Å². The van der Waals surface area contributed by atoms with Gasteiger partial charge in [-0.15, -0.1) is 0 Å². The van der Waals surface area contributed by atoms with Gasteiger partial charge < -0.3 is 0 Å². The SMILES string of the molecule is C=Cc1cccc(C)c1. The first-order valence-corrected chi connectivity index (χ1v) is 3.02. The van der Waals surface area contributed by atoms with Crippen molar-refractivity contribution in [2.45, 2.75) is 6.92 Å². The summed E-state index contributed by atoms with van der Waals surface area (Å²) in [4.78, 5) is 0. The predicted molar refractivity (Wildman–Crippen MR) is 41.3 cm³/mol. The van der Waals surface area contributed by atoms with Gasteiger partial charge in [0.25, 0.3) is 0 Å². The van der Waals surface area contributed by atoms with E-state index in [0.29, 0.717) is 0 Å². The Morgan fingerprint density at radius 1 is 1.44 bits per heavy atom. The summed E-state index contributed by atoms with van der Waals surface area (Å²) in [5.41, 5.74) is 2.47. The number of hydrogen-bond acceptors (Lipinski definition) is 0. The Hall–Kier alpha value is -1.04. The standard InChI is InChI=1S/C9H10/c1-3-9-6-4-5-8(2)7-9/h3-7H,1H2,2H3. The molecule has 0 saturated carbocycles. The smallest absolute Gasteiger partial charge is 0.0260 e. The van der Waals surface area contributed by atoms with Gasteiger partial charge in [0.2, 0.25) is 0 Å². The molecule has 1 rings (SSSR count). The molecular formula is C9H10. The molecule has 1 aromatic carbocycles. The maximum atomic E-state index is 3.67. The zero-order valence-electron chi connectivity index (χ0n) is 5.59. The van der Waals surface area contributed by atoms with Crippen LogP contribution >= 0.6 is 0 Å². The molecule has 0 heteroatoms. The van der Waals surface area contributed by atoms with Gasteiger partial charge in [-0.3, -0.25) is 0 Å². The number of rotatable bonds is 1. The highest BCUT2D eigenvalue weighted by Crippen LogP contribution is 2.03. The van der Waals surface area contributed by atoms with E-state index >= 15 is 0 Å². The lowest BCUT2D eigenvalue weighted by atomic mass is 10.1. The lowest BCUT2D eigenvalue weighted by molar-refractivity contribution is 1.46. The molecule has 0 unspecified atom stereocenters. The van der Waals surface area contributed by atoms with Crippen LogP contribution in [0.2, 0.25) is 0 Å². The quantitative estimate of drug-likeness (QED) is 0.531. The number of aryl methyl sites for hydroxylation is 1. The van der Waals surface area contributed by atoms with Crippen LogP contribution in [-0.4, -0.2) is 0 Å². The molecule has 0 spiro atoms. The second kappa shape index (κ2) is 2.49. The highest BCUT2D eigenvalue weighted by atomic mass is 13.9. The van der Waals surface area contributed by atoms with Gasteiger partial charge in [0, 0.05) is 0 Å². The highest BCUT2D eigenvalue weighted by molar-refractivity contribution is 5.47. The van der Waals surface area contributed by atoms with Crippen molar-refractivity contribution in [1.82, 2.24) is 0 Å². The third-order valence-electron chi connectivity index (χ3n) is 1.28. The topological polar surface area (TPSA) is 0 Å². The molecule has 9 heavy (non-hydrogen) atoms. The van der Waals surface area contributed by atoms with Gasteiger partial charge in [0.05, 0.1) is 0 Å². The number of benzene rings is 1. The van der Waals surface area contributed by atoms with Gasteiger partial charge in [0.1, 0.15) is 0 Å². The molecule has 0 heterocycles. The molecule has 0 saturated heterocycles. The first-order valence-electron chi connectivity index (χ1n) is 3.02. The van der Waals surface area contributed by atoms with E-state index in [1.54, 1.807) is 0 Å². The third-order valence-corrected chi connectivity index (χ3v) is 1.28. The fourth-order valence-corrected chi connectivity index (χ4v) is 0.797. The number of hydrogen-bond donors (Lipinski definition) is 0. The first kappa shape index (κ1) is 6.09. The van der Waals surface area contributed by atoms with Crippen LogP contribution in [0.15, 0.2) is 30.8 Å². The summed E-state index contributed by atoms with van der Waals surface area (Å²) < 4.78 is 0. The van der Waals surface area contributed by atoms with E-state index in [4.69, 9.17) is 0 Å². The maximum absolute atomic E-state index is 3.67. The van der Waals surface area contributed by atoms with E-state index in [1.807, 2.05) is 18.2 Å². The molecule has 0 aliphatic carbocycles. The van der Waals surface area contributed by atoms with Crippen LogP contribution in [0.3, 0.4) is 0 Å². The fourth-order valence-electron chi connectivity index (χ4n) is 0.797. The Kier molecular flexibility index (Phi) is 1.69. The average molecular weight is 118 g/mol. The molecule has 1 aromatic rings. The minimum Gasteiger partial charge on any atom is -0.0985 e. The summed E-state index contributed by atoms with van der Waals surface area (Å²) in [6.07, 6.45) is 1.85. The molecule has 0 aliphatic heterocycles. The monoisotopic (exact) mass is 118 g/mol. The highest BCUT2D eigenvalue weighted by Gasteiger charge is 1.83. The minimum atomic E-state index is 1.19. The van der Waals surface area contributed by atoms with E-state index in [-0.39, 0.29) is 0 Å². The van der Waals surface area contributed by atoms with Crippen molar-refractivity contribution in [2.24, 2.45) is 0 Å². The zero-order chi connectivity index (χ0) is 6.69. The molecule has 0 N–H and O–H groups in total. The first-order chi connectivity index (χ1) is 4.33. The van der Waals surface area contributed by atoms with Crippen LogP contribution in [-0.2, 0) is 0 Å². The molecule has 46 valence electrons. The molecule has 0 nitrogen and oxygen atoms in total. The van der Waals surface area contributed by atoms with Crippen molar-refractivity contribution in [3.8, 4) is 0 Å². The summed E-state index contributed by atoms with van der Waals surface area (Å²) >= 11 is 0. The molecule has 0 bridgehead atoms. The second-order valence-corrected chi connectivity index (χ2v) is 2.12. The molecule has 0 aliphatic rings. The van der Waals surface area contributed by atoms with Gasteiger partial charge in [-0.25, -0.2) is 0 Å². The van der Waals surface area contributed by atoms with Gasteiger partial charge in [-0.2, -0.15) is 0 Å². The summed E-state index contributed by atoms with van der Waals surface area (Å²) in [5, 5.41) is 0. The van der Waals surface area contributed by atoms with Crippen LogP contribution < -0.4 is 0 Å². The summed E-state index contributed by atoms with van der Waals surface area (Å²) in [6.45, 7) is 5.75. The van der Waals surface area contributed by atoms with E-state index in [1.165, 1.54) is 11.1 Å². The lowest BCUT2D eigenvalue weighted by Crippen LogP contribution is -1.72. The van der Waals surface area contributed by atoms with Crippen LogP contribution in [0.25, 0.3) is 6.08 Å². The minimum absolute atomic E-state index is 1.19. The Balaban J connectivity index is 3.07. The normalized spacial score (nSPS) is 9.00. The second-order valence-electron chi connectivity index (χ2n) is 2.12. The molecular weight excluding hydrogens is 108 g/mol. The average Bonchev–Trinajstić information content (AvgIpc) is 1.88. The Morgan fingerprint density at radius 2 is 2.22 bits per heavy atom. The van der Waals surface area contributed by atoms with Crippen LogP contribution in [0.4, 0.5) is 0 Å². The van der Waals surface area contributed by atoms with Crippen LogP contribution in [0.5, 0.6) is 0 Å². The zero-order valence-corrected chi connectivity index (χ0v) is 5.59.